The van der Waals surface area contributed by atoms with Crippen molar-refractivity contribution in [1.29, 1.82) is 0 Å². The number of carbonyl (C=O) groups is 2. The molecule has 0 bridgehead atoms. The predicted molar refractivity (Wildman–Crippen MR) is 102 cm³/mol. The lowest BCUT2D eigenvalue weighted by Gasteiger charge is -2.27. The van der Waals surface area contributed by atoms with Crippen LogP contribution >= 0.6 is 11.6 Å². The fraction of sp³-hybridized carbons (Fsp3) is 0.579. The highest BCUT2D eigenvalue weighted by Gasteiger charge is 2.21. The molecule has 1 aromatic rings. The van der Waals surface area contributed by atoms with Crippen molar-refractivity contribution in [3.05, 3.63) is 28.8 Å². The van der Waals surface area contributed by atoms with Crippen molar-refractivity contribution in [3.8, 4) is 0 Å². The fourth-order valence-electron chi connectivity index (χ4n) is 3.22. The van der Waals surface area contributed by atoms with Gasteiger partial charge < -0.3 is 16.0 Å². The molecule has 1 unspecified atom stereocenters. The standard InChI is InChI=1S/C19H28ClN3O2/c1-13(15-6-9-21-10-7-15)12-19(25)22-11-8-18(24)23-17-5-3-4-16(20)14(17)2/h3-5,13,15,21H,6-12H2,1-2H3,(H,22,25)(H,23,24). The number of hydrogen-bond acceptors (Lipinski definition) is 3. The zero-order valence-electron chi connectivity index (χ0n) is 15.0. The Morgan fingerprint density at radius 1 is 1.28 bits per heavy atom. The molecule has 1 aliphatic heterocycles. The van der Waals surface area contributed by atoms with Crippen LogP contribution < -0.4 is 16.0 Å². The van der Waals surface area contributed by atoms with Gasteiger partial charge in [-0.05, 0) is 62.4 Å². The van der Waals surface area contributed by atoms with E-state index in [1.165, 1.54) is 0 Å². The smallest absolute Gasteiger partial charge is 0.226 e. The Kier molecular flexibility index (Phi) is 7.72. The molecule has 25 heavy (non-hydrogen) atoms. The van der Waals surface area contributed by atoms with E-state index in [9.17, 15) is 9.59 Å². The Labute approximate surface area is 154 Å². The molecule has 1 fully saturated rings. The zero-order chi connectivity index (χ0) is 18.2. The quantitative estimate of drug-likeness (QED) is 0.695. The first-order valence-corrected chi connectivity index (χ1v) is 9.37. The average Bonchev–Trinajstić information content (AvgIpc) is 2.59. The molecule has 0 aliphatic carbocycles. The molecule has 5 nitrogen and oxygen atoms in total. The van der Waals surface area contributed by atoms with E-state index >= 15 is 0 Å². The summed E-state index contributed by atoms with van der Waals surface area (Å²) >= 11 is 6.04. The summed E-state index contributed by atoms with van der Waals surface area (Å²) in [5, 5.41) is 9.66. The molecule has 1 saturated heterocycles. The topological polar surface area (TPSA) is 70.2 Å². The maximum atomic E-state index is 12.1. The monoisotopic (exact) mass is 365 g/mol. The first-order valence-electron chi connectivity index (χ1n) is 8.99. The Morgan fingerprint density at radius 3 is 2.72 bits per heavy atom. The second kappa shape index (κ2) is 9.78. The maximum absolute atomic E-state index is 12.1. The molecule has 1 atom stereocenters. The van der Waals surface area contributed by atoms with Crippen molar-refractivity contribution in [2.45, 2.75) is 39.5 Å². The number of amides is 2. The van der Waals surface area contributed by atoms with Gasteiger partial charge in [0.05, 0.1) is 0 Å². The van der Waals surface area contributed by atoms with E-state index in [0.717, 1.165) is 31.5 Å². The van der Waals surface area contributed by atoms with Crippen LogP contribution in [0.1, 0.15) is 38.2 Å². The van der Waals surface area contributed by atoms with Gasteiger partial charge in [-0.1, -0.05) is 24.6 Å². The molecule has 3 N–H and O–H groups in total. The van der Waals surface area contributed by atoms with Gasteiger partial charge in [0, 0.05) is 30.1 Å². The number of halogens is 1. The minimum Gasteiger partial charge on any atom is -0.356 e. The molecule has 0 spiro atoms. The average molecular weight is 366 g/mol. The molecule has 2 amide bonds. The van der Waals surface area contributed by atoms with E-state index in [1.54, 1.807) is 12.1 Å². The van der Waals surface area contributed by atoms with Gasteiger partial charge in [0.1, 0.15) is 0 Å². The van der Waals surface area contributed by atoms with E-state index < -0.39 is 0 Å². The van der Waals surface area contributed by atoms with Crippen LogP contribution in [0.15, 0.2) is 18.2 Å². The predicted octanol–water partition coefficient (Wildman–Crippen LogP) is 3.12. The lowest BCUT2D eigenvalue weighted by Crippen LogP contribution is -2.34. The van der Waals surface area contributed by atoms with E-state index in [4.69, 9.17) is 11.6 Å². The highest BCUT2D eigenvalue weighted by atomic mass is 35.5. The van der Waals surface area contributed by atoms with Gasteiger partial charge in [-0.25, -0.2) is 0 Å². The Morgan fingerprint density at radius 2 is 2.00 bits per heavy atom. The SMILES string of the molecule is Cc1c(Cl)cccc1NC(=O)CCNC(=O)CC(C)C1CCNCC1. The molecule has 138 valence electrons. The molecule has 0 aromatic heterocycles. The Bertz CT molecular complexity index is 600. The van der Waals surface area contributed by atoms with Crippen LogP contribution in [-0.4, -0.2) is 31.4 Å². The molecule has 6 heteroatoms. The van der Waals surface area contributed by atoms with E-state index in [0.29, 0.717) is 35.5 Å². The summed E-state index contributed by atoms with van der Waals surface area (Å²) in [5.41, 5.74) is 1.56. The fourth-order valence-corrected chi connectivity index (χ4v) is 3.39. The second-order valence-electron chi connectivity index (χ2n) is 6.83. The van der Waals surface area contributed by atoms with Crippen LogP contribution in [0.4, 0.5) is 5.69 Å². The number of anilines is 1. The van der Waals surface area contributed by atoms with E-state index in [-0.39, 0.29) is 18.2 Å². The van der Waals surface area contributed by atoms with Crippen LogP contribution in [-0.2, 0) is 9.59 Å². The van der Waals surface area contributed by atoms with Crippen molar-refractivity contribution in [2.75, 3.05) is 25.0 Å². The lowest BCUT2D eigenvalue weighted by molar-refractivity contribution is -0.122. The molecule has 0 radical (unpaired) electrons. The minimum absolute atomic E-state index is 0.0257. The molecular weight excluding hydrogens is 338 g/mol. The number of benzene rings is 1. The summed E-state index contributed by atoms with van der Waals surface area (Å²) in [5.74, 6) is 0.890. The van der Waals surface area contributed by atoms with Crippen molar-refractivity contribution in [1.82, 2.24) is 10.6 Å². The molecule has 2 rings (SSSR count). The van der Waals surface area contributed by atoms with Crippen molar-refractivity contribution < 1.29 is 9.59 Å². The first-order chi connectivity index (χ1) is 12.0. The van der Waals surface area contributed by atoms with Crippen molar-refractivity contribution in [3.63, 3.8) is 0 Å². The van der Waals surface area contributed by atoms with E-state index in [2.05, 4.69) is 22.9 Å². The van der Waals surface area contributed by atoms with Crippen LogP contribution in [0.3, 0.4) is 0 Å². The number of hydrogen-bond donors (Lipinski definition) is 3. The molecule has 1 aliphatic rings. The summed E-state index contributed by atoms with van der Waals surface area (Å²) in [6.45, 7) is 6.44. The molecular formula is C19H28ClN3O2. The third-order valence-electron chi connectivity index (χ3n) is 4.91. The van der Waals surface area contributed by atoms with Crippen molar-refractivity contribution >= 4 is 29.1 Å². The van der Waals surface area contributed by atoms with E-state index in [1.807, 2.05) is 13.0 Å². The minimum atomic E-state index is -0.128. The van der Waals surface area contributed by atoms with Crippen LogP contribution in [0.2, 0.25) is 5.02 Å². The number of rotatable bonds is 7. The molecule has 1 heterocycles. The summed E-state index contributed by atoms with van der Waals surface area (Å²) in [6.07, 6.45) is 3.05. The number of carbonyl (C=O) groups excluding carboxylic acids is 2. The zero-order valence-corrected chi connectivity index (χ0v) is 15.8. The maximum Gasteiger partial charge on any atom is 0.226 e. The van der Waals surface area contributed by atoms with Crippen molar-refractivity contribution in [2.24, 2.45) is 11.8 Å². The Hall–Kier alpha value is -1.59. The van der Waals surface area contributed by atoms with Crippen LogP contribution in [0.25, 0.3) is 0 Å². The summed E-state index contributed by atoms with van der Waals surface area (Å²) in [6, 6.07) is 5.41. The van der Waals surface area contributed by atoms with Gasteiger partial charge in [-0.3, -0.25) is 9.59 Å². The summed E-state index contributed by atoms with van der Waals surface area (Å²) < 4.78 is 0. The Balaban J connectivity index is 1.68. The molecule has 0 saturated carbocycles. The number of nitrogens with one attached hydrogen (secondary N) is 3. The van der Waals surface area contributed by atoms with Crippen LogP contribution in [0.5, 0.6) is 0 Å². The third-order valence-corrected chi connectivity index (χ3v) is 5.32. The largest absolute Gasteiger partial charge is 0.356 e. The summed E-state index contributed by atoms with van der Waals surface area (Å²) in [4.78, 5) is 24.1. The molecule has 1 aromatic carbocycles. The van der Waals surface area contributed by atoms with Gasteiger partial charge in [0.25, 0.3) is 0 Å². The van der Waals surface area contributed by atoms with Crippen LogP contribution in [0, 0.1) is 18.8 Å². The second-order valence-corrected chi connectivity index (χ2v) is 7.24. The first kappa shape index (κ1) is 19.7. The third kappa shape index (κ3) is 6.33. The van der Waals surface area contributed by atoms with Gasteiger partial charge in [-0.15, -0.1) is 0 Å². The van der Waals surface area contributed by atoms with Gasteiger partial charge in [0.15, 0.2) is 0 Å². The number of piperidine rings is 1. The van der Waals surface area contributed by atoms with Gasteiger partial charge in [0.2, 0.25) is 11.8 Å². The van der Waals surface area contributed by atoms with Gasteiger partial charge in [-0.2, -0.15) is 0 Å². The summed E-state index contributed by atoms with van der Waals surface area (Å²) in [7, 11) is 0. The highest BCUT2D eigenvalue weighted by Crippen LogP contribution is 2.24. The highest BCUT2D eigenvalue weighted by molar-refractivity contribution is 6.31. The normalized spacial score (nSPS) is 16.3. The van der Waals surface area contributed by atoms with Gasteiger partial charge >= 0.3 is 0 Å². The lowest BCUT2D eigenvalue weighted by atomic mass is 9.84.